The summed E-state index contributed by atoms with van der Waals surface area (Å²) >= 11 is 0. The number of imide groups is 2. The first-order chi connectivity index (χ1) is 16.9. The molecule has 2 aromatic carbocycles. The highest BCUT2D eigenvalue weighted by molar-refractivity contribution is 6.39. The predicted octanol–water partition coefficient (Wildman–Crippen LogP) is 3.66. The number of hydrogen-bond donors (Lipinski definition) is 1. The molecule has 1 saturated heterocycles. The molecule has 10 nitrogen and oxygen atoms in total. The largest absolute Gasteiger partial charge is 0.342 e. The van der Waals surface area contributed by atoms with E-state index in [1.54, 1.807) is 30.5 Å². The number of hydrogen-bond acceptors (Lipinski definition) is 6. The second-order valence-corrected chi connectivity index (χ2v) is 7.83. The Balaban J connectivity index is 1.56. The van der Waals surface area contributed by atoms with Gasteiger partial charge in [0, 0.05) is 47.5 Å². The van der Waals surface area contributed by atoms with E-state index in [0.29, 0.717) is 12.1 Å². The maximum Gasteiger partial charge on any atom is 0.336 e. The zero-order chi connectivity index (χ0) is 24.5. The molecule has 5 rings (SSSR count). The summed E-state index contributed by atoms with van der Waals surface area (Å²) in [6.07, 6.45) is 6.07. The third kappa shape index (κ3) is 4.04. The van der Waals surface area contributed by atoms with E-state index in [2.05, 4.69) is 10.3 Å². The Morgan fingerprint density at radius 1 is 1.03 bits per heavy atom. The number of nitro benzene ring substituents is 1. The van der Waals surface area contributed by atoms with Gasteiger partial charge in [-0.15, -0.1) is 0 Å². The molecule has 1 aliphatic heterocycles. The average molecular weight is 467 g/mol. The Hall–Kier alpha value is -5.12. The van der Waals surface area contributed by atoms with Gasteiger partial charge in [0.1, 0.15) is 5.57 Å². The fourth-order valence-electron chi connectivity index (χ4n) is 4.02. The van der Waals surface area contributed by atoms with Crippen molar-refractivity contribution in [2.75, 3.05) is 4.90 Å². The van der Waals surface area contributed by atoms with Gasteiger partial charge in [0.25, 0.3) is 17.5 Å². The maximum atomic E-state index is 13.2. The lowest BCUT2D eigenvalue weighted by Gasteiger charge is -2.25. The molecule has 2 aromatic heterocycles. The Morgan fingerprint density at radius 2 is 1.86 bits per heavy atom. The first kappa shape index (κ1) is 21.7. The van der Waals surface area contributed by atoms with E-state index in [-0.39, 0.29) is 16.9 Å². The summed E-state index contributed by atoms with van der Waals surface area (Å²) < 4.78 is 1.88. The standard InChI is InChI=1S/C25H17N5O5/c31-23-21(24(32)29(25(33)27-23)19-7-4-10-26-13-19)12-17-15-28(22-9-2-1-8-20(17)22)14-16-5-3-6-18(11-16)30(34)35/h1-13,15H,14H2,(H,27,31,33)/b21-12+. The molecular weight excluding hydrogens is 450 g/mol. The zero-order valence-electron chi connectivity index (χ0n) is 18.1. The van der Waals surface area contributed by atoms with Crippen LogP contribution in [0.2, 0.25) is 0 Å². The van der Waals surface area contributed by atoms with Crippen molar-refractivity contribution in [3.8, 4) is 0 Å². The molecule has 0 bridgehead atoms. The molecule has 1 aliphatic rings. The number of benzene rings is 2. The van der Waals surface area contributed by atoms with Crippen molar-refractivity contribution < 1.29 is 19.3 Å². The third-order valence-electron chi connectivity index (χ3n) is 5.60. The molecule has 0 atom stereocenters. The van der Waals surface area contributed by atoms with Crippen molar-refractivity contribution in [2.45, 2.75) is 6.54 Å². The smallest absolute Gasteiger partial charge is 0.336 e. The molecule has 0 radical (unpaired) electrons. The number of fused-ring (bicyclic) bond motifs is 1. The molecule has 0 unspecified atom stereocenters. The van der Waals surface area contributed by atoms with Gasteiger partial charge in [-0.25, -0.2) is 9.69 Å². The SMILES string of the molecule is O=C1NC(=O)N(c2cccnc2)C(=O)/C1=C/c1cn(Cc2cccc([N+](=O)[O-])c2)c2ccccc12. The molecule has 10 heteroatoms. The van der Waals surface area contributed by atoms with E-state index in [1.165, 1.54) is 30.6 Å². The number of rotatable bonds is 5. The second-order valence-electron chi connectivity index (χ2n) is 7.83. The lowest BCUT2D eigenvalue weighted by Crippen LogP contribution is -2.54. The number of anilines is 1. The van der Waals surface area contributed by atoms with E-state index in [1.807, 2.05) is 28.8 Å². The van der Waals surface area contributed by atoms with Gasteiger partial charge in [-0.2, -0.15) is 0 Å². The first-order valence-electron chi connectivity index (χ1n) is 10.5. The number of amides is 4. The van der Waals surface area contributed by atoms with E-state index in [4.69, 9.17) is 0 Å². The van der Waals surface area contributed by atoms with E-state index in [0.717, 1.165) is 21.4 Å². The number of nitrogens with zero attached hydrogens (tertiary/aromatic N) is 4. The number of urea groups is 1. The number of aromatic nitrogens is 2. The summed E-state index contributed by atoms with van der Waals surface area (Å²) in [5.41, 5.74) is 2.15. The highest BCUT2D eigenvalue weighted by atomic mass is 16.6. The van der Waals surface area contributed by atoms with Gasteiger partial charge >= 0.3 is 6.03 Å². The maximum absolute atomic E-state index is 13.2. The minimum atomic E-state index is -0.849. The van der Waals surface area contributed by atoms with Crippen LogP contribution in [-0.4, -0.2) is 32.3 Å². The van der Waals surface area contributed by atoms with Gasteiger partial charge in [0.15, 0.2) is 0 Å². The fraction of sp³-hybridized carbons (Fsp3) is 0.0400. The van der Waals surface area contributed by atoms with E-state index in [9.17, 15) is 24.5 Å². The minimum Gasteiger partial charge on any atom is -0.342 e. The molecule has 4 amide bonds. The quantitative estimate of drug-likeness (QED) is 0.207. The topological polar surface area (TPSA) is 127 Å². The lowest BCUT2D eigenvalue weighted by atomic mass is 10.1. The number of non-ortho nitro benzene ring substituents is 1. The van der Waals surface area contributed by atoms with Crippen LogP contribution in [0.1, 0.15) is 11.1 Å². The summed E-state index contributed by atoms with van der Waals surface area (Å²) in [7, 11) is 0. The van der Waals surface area contributed by atoms with Gasteiger partial charge in [0.2, 0.25) is 0 Å². The number of para-hydroxylation sites is 1. The van der Waals surface area contributed by atoms with Crippen LogP contribution >= 0.6 is 0 Å². The Labute approximate surface area is 198 Å². The summed E-state index contributed by atoms with van der Waals surface area (Å²) in [4.78, 5) is 53.6. The van der Waals surface area contributed by atoms with Crippen LogP contribution in [0.25, 0.3) is 17.0 Å². The van der Waals surface area contributed by atoms with E-state index < -0.39 is 22.8 Å². The number of carbonyl (C=O) groups excluding carboxylic acids is 3. The number of nitro groups is 1. The summed E-state index contributed by atoms with van der Waals surface area (Å²) in [5.74, 6) is -1.56. The third-order valence-corrected chi connectivity index (χ3v) is 5.60. The molecule has 3 heterocycles. The van der Waals surface area contributed by atoms with Crippen molar-refractivity contribution in [2.24, 2.45) is 0 Å². The van der Waals surface area contributed by atoms with Crippen molar-refractivity contribution >= 4 is 46.2 Å². The Morgan fingerprint density at radius 3 is 2.63 bits per heavy atom. The second kappa shape index (κ2) is 8.67. The van der Waals surface area contributed by atoms with Crippen molar-refractivity contribution in [1.29, 1.82) is 0 Å². The van der Waals surface area contributed by atoms with Gasteiger partial charge in [-0.05, 0) is 29.8 Å². The first-order valence-corrected chi connectivity index (χ1v) is 10.5. The van der Waals surface area contributed by atoms with Gasteiger partial charge in [0.05, 0.1) is 16.8 Å². The van der Waals surface area contributed by atoms with Crippen LogP contribution in [0.3, 0.4) is 0 Å². The highest BCUT2D eigenvalue weighted by Crippen LogP contribution is 2.27. The molecule has 1 N–H and O–H groups in total. The number of pyridine rings is 1. The predicted molar refractivity (Wildman–Crippen MR) is 127 cm³/mol. The summed E-state index contributed by atoms with van der Waals surface area (Å²) in [6.45, 7) is 0.339. The Kier molecular flexibility index (Phi) is 5.38. The van der Waals surface area contributed by atoms with Gasteiger partial charge < -0.3 is 4.57 Å². The Bertz CT molecular complexity index is 1540. The van der Waals surface area contributed by atoms with Crippen LogP contribution in [0, 0.1) is 10.1 Å². The number of nitrogens with one attached hydrogen (secondary N) is 1. The van der Waals surface area contributed by atoms with Crippen LogP contribution in [0.15, 0.2) is 84.8 Å². The normalized spacial score (nSPS) is 15.0. The van der Waals surface area contributed by atoms with Crippen molar-refractivity contribution in [3.63, 3.8) is 0 Å². The molecule has 35 heavy (non-hydrogen) atoms. The van der Waals surface area contributed by atoms with Crippen LogP contribution < -0.4 is 10.2 Å². The molecule has 0 spiro atoms. The monoisotopic (exact) mass is 467 g/mol. The summed E-state index contributed by atoms with van der Waals surface area (Å²) in [5, 5.41) is 14.1. The number of barbiturate groups is 1. The molecule has 1 fully saturated rings. The average Bonchev–Trinajstić information content (AvgIpc) is 3.19. The molecule has 172 valence electrons. The van der Waals surface area contributed by atoms with E-state index >= 15 is 0 Å². The highest BCUT2D eigenvalue weighted by Gasteiger charge is 2.37. The molecule has 0 aliphatic carbocycles. The summed E-state index contributed by atoms with van der Waals surface area (Å²) in [6, 6.07) is 16.0. The van der Waals surface area contributed by atoms with Gasteiger partial charge in [-0.1, -0.05) is 30.3 Å². The lowest BCUT2D eigenvalue weighted by molar-refractivity contribution is -0.384. The molecular formula is C25H17N5O5. The molecule has 4 aromatic rings. The van der Waals surface area contributed by atoms with Crippen molar-refractivity contribution in [3.05, 3.63) is 106 Å². The fourth-order valence-corrected chi connectivity index (χ4v) is 4.02. The van der Waals surface area contributed by atoms with Crippen LogP contribution in [0.5, 0.6) is 0 Å². The zero-order valence-corrected chi connectivity index (χ0v) is 18.1. The van der Waals surface area contributed by atoms with Crippen LogP contribution in [0.4, 0.5) is 16.2 Å². The van der Waals surface area contributed by atoms with Gasteiger partial charge in [-0.3, -0.25) is 30.0 Å². The molecule has 0 saturated carbocycles. The number of carbonyl (C=O) groups is 3. The van der Waals surface area contributed by atoms with Crippen molar-refractivity contribution in [1.82, 2.24) is 14.9 Å². The van der Waals surface area contributed by atoms with Crippen LogP contribution in [-0.2, 0) is 16.1 Å². The minimum absolute atomic E-state index is 0.00839.